The Labute approximate surface area is 92.7 Å². The van der Waals surface area contributed by atoms with Gasteiger partial charge in [-0.3, -0.25) is 0 Å². The Bertz CT molecular complexity index is 304. The van der Waals surface area contributed by atoms with Crippen molar-refractivity contribution in [3.05, 3.63) is 28.2 Å². The number of hydrogen-bond donors (Lipinski definition) is 2. The molecule has 14 heavy (non-hydrogen) atoms. The molecule has 0 saturated heterocycles. The van der Waals surface area contributed by atoms with Crippen molar-refractivity contribution in [1.29, 1.82) is 0 Å². The van der Waals surface area contributed by atoms with Crippen LogP contribution in [0.15, 0.2) is 22.7 Å². The first kappa shape index (κ1) is 11.5. The average molecular weight is 259 g/mol. The lowest BCUT2D eigenvalue weighted by Gasteiger charge is -2.19. The van der Waals surface area contributed by atoms with Gasteiger partial charge in [0.15, 0.2) is 0 Å². The maximum Gasteiger partial charge on any atom is 0.0606 e. The Hall–Kier alpha value is -0.580. The van der Waals surface area contributed by atoms with E-state index in [1.165, 1.54) is 0 Å². The highest BCUT2D eigenvalue weighted by molar-refractivity contribution is 9.10. The molecule has 3 N–H and O–H groups in total. The van der Waals surface area contributed by atoms with Crippen molar-refractivity contribution in [2.24, 2.45) is 5.73 Å². The number of benzene rings is 1. The van der Waals surface area contributed by atoms with Crippen LogP contribution in [0.3, 0.4) is 0 Å². The van der Waals surface area contributed by atoms with E-state index in [2.05, 4.69) is 15.9 Å². The summed E-state index contributed by atoms with van der Waals surface area (Å²) in [5.41, 5.74) is 7.72. The number of likely N-dealkylation sites (N-methyl/N-ethyl adjacent to an activating group) is 1. The zero-order valence-electron chi connectivity index (χ0n) is 8.20. The fraction of sp³-hybridized carbons (Fsp3) is 0.400. The van der Waals surface area contributed by atoms with Crippen LogP contribution in [0.2, 0.25) is 0 Å². The van der Waals surface area contributed by atoms with Gasteiger partial charge in [-0.2, -0.15) is 0 Å². The first-order chi connectivity index (χ1) is 6.67. The summed E-state index contributed by atoms with van der Waals surface area (Å²) in [6.45, 7) is 1.31. The van der Waals surface area contributed by atoms with E-state index < -0.39 is 0 Å². The number of hydrogen-bond acceptors (Lipinski definition) is 3. The Morgan fingerprint density at radius 1 is 1.43 bits per heavy atom. The molecule has 4 heteroatoms. The van der Waals surface area contributed by atoms with Crippen LogP contribution in [0, 0.1) is 0 Å². The third kappa shape index (κ3) is 2.97. The summed E-state index contributed by atoms with van der Waals surface area (Å²) < 4.78 is 1.01. The second-order valence-electron chi connectivity index (χ2n) is 3.17. The quantitative estimate of drug-likeness (QED) is 0.857. The van der Waals surface area contributed by atoms with Gasteiger partial charge in [0.25, 0.3) is 0 Å². The maximum absolute atomic E-state index is 8.82. The molecular formula is C10H15BrN2O. The Morgan fingerprint density at radius 2 is 2.14 bits per heavy atom. The first-order valence-electron chi connectivity index (χ1n) is 4.49. The summed E-state index contributed by atoms with van der Waals surface area (Å²) in [5.74, 6) is 0. The van der Waals surface area contributed by atoms with Gasteiger partial charge in [-0.05, 0) is 23.8 Å². The average Bonchev–Trinajstić information content (AvgIpc) is 2.17. The van der Waals surface area contributed by atoms with Crippen molar-refractivity contribution in [3.8, 4) is 0 Å². The fourth-order valence-electron chi connectivity index (χ4n) is 1.25. The highest BCUT2D eigenvalue weighted by atomic mass is 79.9. The predicted molar refractivity (Wildman–Crippen MR) is 62.4 cm³/mol. The molecular weight excluding hydrogens is 244 g/mol. The van der Waals surface area contributed by atoms with Crippen molar-refractivity contribution < 1.29 is 5.11 Å². The highest BCUT2D eigenvalue weighted by Crippen LogP contribution is 2.21. The van der Waals surface area contributed by atoms with Crippen molar-refractivity contribution in [1.82, 2.24) is 0 Å². The molecule has 78 valence electrons. The lowest BCUT2D eigenvalue weighted by molar-refractivity contribution is 0.304. The van der Waals surface area contributed by atoms with Crippen molar-refractivity contribution in [3.63, 3.8) is 0 Å². The number of nitrogens with two attached hydrogens (primary N) is 1. The third-order valence-corrected chi connectivity index (χ3v) is 2.51. The van der Waals surface area contributed by atoms with E-state index in [1.807, 2.05) is 30.1 Å². The fourth-order valence-corrected chi connectivity index (χ4v) is 1.78. The largest absolute Gasteiger partial charge is 0.395 e. The number of nitrogens with zero attached hydrogens (tertiary/aromatic N) is 1. The molecule has 0 unspecified atom stereocenters. The van der Waals surface area contributed by atoms with Crippen molar-refractivity contribution >= 4 is 21.6 Å². The number of anilines is 1. The van der Waals surface area contributed by atoms with E-state index in [1.54, 1.807) is 0 Å². The van der Waals surface area contributed by atoms with Crippen LogP contribution < -0.4 is 10.6 Å². The van der Waals surface area contributed by atoms with Crippen LogP contribution in [0.1, 0.15) is 5.56 Å². The third-order valence-electron chi connectivity index (χ3n) is 2.05. The molecule has 1 aromatic carbocycles. The standard InChI is InChI=1S/C10H15BrN2O/c1-13(2-3-14)10-5-8(7-12)4-9(11)6-10/h4-6,14H,2-3,7,12H2,1H3. The number of halogens is 1. The van der Waals surface area contributed by atoms with Gasteiger partial charge in [0, 0.05) is 30.3 Å². The number of aliphatic hydroxyl groups excluding tert-OH is 1. The monoisotopic (exact) mass is 258 g/mol. The molecule has 0 spiro atoms. The molecule has 0 atom stereocenters. The normalized spacial score (nSPS) is 10.3. The maximum atomic E-state index is 8.82. The zero-order chi connectivity index (χ0) is 10.6. The van der Waals surface area contributed by atoms with Gasteiger partial charge in [-0.15, -0.1) is 0 Å². The van der Waals surface area contributed by atoms with Gasteiger partial charge >= 0.3 is 0 Å². The van der Waals surface area contributed by atoms with E-state index >= 15 is 0 Å². The van der Waals surface area contributed by atoms with Gasteiger partial charge in [0.2, 0.25) is 0 Å². The van der Waals surface area contributed by atoms with Crippen LogP contribution in [0.25, 0.3) is 0 Å². The second-order valence-corrected chi connectivity index (χ2v) is 4.08. The predicted octanol–water partition coefficient (Wildman–Crippen LogP) is 1.34. The lowest BCUT2D eigenvalue weighted by Crippen LogP contribution is -2.21. The van der Waals surface area contributed by atoms with Crippen LogP contribution >= 0.6 is 15.9 Å². The van der Waals surface area contributed by atoms with Crippen LogP contribution in [-0.2, 0) is 6.54 Å². The van der Waals surface area contributed by atoms with E-state index in [0.29, 0.717) is 13.1 Å². The first-order valence-corrected chi connectivity index (χ1v) is 5.28. The van der Waals surface area contributed by atoms with E-state index in [9.17, 15) is 0 Å². The lowest BCUT2D eigenvalue weighted by atomic mass is 10.2. The summed E-state index contributed by atoms with van der Waals surface area (Å²) in [7, 11) is 1.94. The number of rotatable bonds is 4. The van der Waals surface area contributed by atoms with Gasteiger partial charge in [0.1, 0.15) is 0 Å². The van der Waals surface area contributed by atoms with Gasteiger partial charge in [-0.1, -0.05) is 15.9 Å². The second kappa shape index (κ2) is 5.34. The van der Waals surface area contributed by atoms with Crippen LogP contribution in [-0.4, -0.2) is 25.3 Å². The molecule has 0 aliphatic heterocycles. The zero-order valence-corrected chi connectivity index (χ0v) is 9.79. The molecule has 0 saturated carbocycles. The number of aliphatic hydroxyl groups is 1. The summed E-state index contributed by atoms with van der Waals surface area (Å²) in [6, 6.07) is 6.03. The molecule has 0 aliphatic carbocycles. The van der Waals surface area contributed by atoms with Gasteiger partial charge in [-0.25, -0.2) is 0 Å². The van der Waals surface area contributed by atoms with Crippen molar-refractivity contribution in [2.45, 2.75) is 6.54 Å². The molecule has 0 amide bonds. The van der Waals surface area contributed by atoms with Gasteiger partial charge < -0.3 is 15.7 Å². The minimum Gasteiger partial charge on any atom is -0.395 e. The van der Waals surface area contributed by atoms with E-state index in [0.717, 1.165) is 15.7 Å². The Balaban J connectivity index is 2.90. The molecule has 0 heterocycles. The Kier molecular flexibility index (Phi) is 4.38. The molecule has 0 aliphatic rings. The molecule has 0 aromatic heterocycles. The van der Waals surface area contributed by atoms with E-state index in [-0.39, 0.29) is 6.61 Å². The highest BCUT2D eigenvalue weighted by Gasteiger charge is 2.02. The summed E-state index contributed by atoms with van der Waals surface area (Å²) >= 11 is 3.43. The minimum absolute atomic E-state index is 0.154. The molecule has 0 radical (unpaired) electrons. The minimum atomic E-state index is 0.154. The summed E-state index contributed by atoms with van der Waals surface area (Å²) in [4.78, 5) is 1.99. The smallest absolute Gasteiger partial charge is 0.0606 e. The molecule has 1 aromatic rings. The van der Waals surface area contributed by atoms with E-state index in [4.69, 9.17) is 10.8 Å². The summed E-state index contributed by atoms with van der Waals surface area (Å²) in [5, 5.41) is 8.82. The summed E-state index contributed by atoms with van der Waals surface area (Å²) in [6.07, 6.45) is 0. The van der Waals surface area contributed by atoms with Crippen molar-refractivity contribution in [2.75, 3.05) is 25.1 Å². The van der Waals surface area contributed by atoms with Crippen LogP contribution in [0.4, 0.5) is 5.69 Å². The Morgan fingerprint density at radius 3 is 2.71 bits per heavy atom. The molecule has 1 rings (SSSR count). The molecule has 3 nitrogen and oxygen atoms in total. The molecule has 0 fully saturated rings. The van der Waals surface area contributed by atoms with Crippen LogP contribution in [0.5, 0.6) is 0 Å². The molecule has 0 bridgehead atoms. The SMILES string of the molecule is CN(CCO)c1cc(Br)cc(CN)c1. The van der Waals surface area contributed by atoms with Gasteiger partial charge in [0.05, 0.1) is 6.61 Å². The topological polar surface area (TPSA) is 49.5 Å².